The first kappa shape index (κ1) is 33.5. The summed E-state index contributed by atoms with van der Waals surface area (Å²) in [4.78, 5) is 32.2. The molecule has 3 aromatic carbocycles. The van der Waals surface area contributed by atoms with Crippen molar-refractivity contribution in [1.29, 1.82) is 0 Å². The lowest BCUT2D eigenvalue weighted by atomic mass is 9.83. The summed E-state index contributed by atoms with van der Waals surface area (Å²) in [5.41, 5.74) is 0.309. The van der Waals surface area contributed by atoms with Crippen molar-refractivity contribution in [3.8, 4) is 11.5 Å². The van der Waals surface area contributed by atoms with Gasteiger partial charge >= 0.3 is 5.97 Å². The minimum absolute atomic E-state index is 0.0288. The van der Waals surface area contributed by atoms with Gasteiger partial charge in [-0.25, -0.2) is 4.99 Å². The zero-order chi connectivity index (χ0) is 32.3. The fraction of sp³-hybridized carbons (Fsp3) is 0.417. The fourth-order valence-corrected chi connectivity index (χ4v) is 5.15. The van der Waals surface area contributed by atoms with E-state index < -0.39 is 23.2 Å². The number of amides is 1. The molecule has 0 saturated carbocycles. The SMILES string of the molecule is CCOc1ccccc1CCNC(=O)[C@]1(CCC(=O)OC(C)(C)C)N=C(c2ccc(OCCCO)cc2)O[C@@H]1c1ccccc1. The van der Waals surface area contributed by atoms with E-state index in [9.17, 15) is 9.59 Å². The molecular formula is C36H44N2O7. The lowest BCUT2D eigenvalue weighted by Gasteiger charge is -2.31. The van der Waals surface area contributed by atoms with E-state index in [1.807, 2.05) is 94.4 Å². The van der Waals surface area contributed by atoms with Crippen LogP contribution in [0.5, 0.6) is 11.5 Å². The number of esters is 1. The summed E-state index contributed by atoms with van der Waals surface area (Å²) in [5.74, 6) is 0.968. The summed E-state index contributed by atoms with van der Waals surface area (Å²) in [7, 11) is 0. The van der Waals surface area contributed by atoms with Crippen molar-refractivity contribution in [2.45, 2.75) is 70.6 Å². The molecule has 1 aliphatic heterocycles. The van der Waals surface area contributed by atoms with Gasteiger partial charge in [-0.1, -0.05) is 48.5 Å². The van der Waals surface area contributed by atoms with Crippen molar-refractivity contribution in [3.05, 3.63) is 95.6 Å². The Bertz CT molecular complexity index is 1430. The Hall–Kier alpha value is -4.37. The van der Waals surface area contributed by atoms with Gasteiger partial charge < -0.3 is 29.4 Å². The molecule has 2 atom stereocenters. The lowest BCUT2D eigenvalue weighted by Crippen LogP contribution is -2.49. The van der Waals surface area contributed by atoms with Crippen LogP contribution in [0.25, 0.3) is 0 Å². The highest BCUT2D eigenvalue weighted by Gasteiger charge is 2.53. The summed E-state index contributed by atoms with van der Waals surface area (Å²) in [5, 5.41) is 12.1. The average Bonchev–Trinajstić information content (AvgIpc) is 3.42. The van der Waals surface area contributed by atoms with Gasteiger partial charge in [0.15, 0.2) is 11.6 Å². The smallest absolute Gasteiger partial charge is 0.306 e. The van der Waals surface area contributed by atoms with Crippen LogP contribution in [0, 0.1) is 0 Å². The summed E-state index contributed by atoms with van der Waals surface area (Å²) >= 11 is 0. The van der Waals surface area contributed by atoms with Crippen LogP contribution in [0.3, 0.4) is 0 Å². The van der Waals surface area contributed by atoms with Crippen LogP contribution < -0.4 is 14.8 Å². The first-order valence-corrected chi connectivity index (χ1v) is 15.5. The summed E-state index contributed by atoms with van der Waals surface area (Å²) < 4.78 is 23.5. The van der Waals surface area contributed by atoms with Crippen LogP contribution in [0.4, 0.5) is 0 Å². The number of para-hydroxylation sites is 1. The van der Waals surface area contributed by atoms with Crippen molar-refractivity contribution in [1.82, 2.24) is 5.32 Å². The van der Waals surface area contributed by atoms with Crippen molar-refractivity contribution in [2.24, 2.45) is 4.99 Å². The van der Waals surface area contributed by atoms with E-state index in [1.54, 1.807) is 12.1 Å². The third-order valence-corrected chi connectivity index (χ3v) is 7.21. The fourth-order valence-electron chi connectivity index (χ4n) is 5.15. The van der Waals surface area contributed by atoms with E-state index in [1.165, 1.54) is 0 Å². The van der Waals surface area contributed by atoms with Crippen LogP contribution in [0.2, 0.25) is 0 Å². The highest BCUT2D eigenvalue weighted by Crippen LogP contribution is 2.43. The average molecular weight is 617 g/mol. The van der Waals surface area contributed by atoms with Crippen molar-refractivity contribution in [3.63, 3.8) is 0 Å². The number of aliphatic imine (C=N–C) groups is 1. The van der Waals surface area contributed by atoms with Gasteiger partial charge in [-0.3, -0.25) is 9.59 Å². The molecule has 1 aliphatic rings. The Labute approximate surface area is 265 Å². The number of carbonyl (C=O) groups excluding carboxylic acids is 2. The number of nitrogens with zero attached hydrogens (tertiary/aromatic N) is 1. The minimum atomic E-state index is -1.44. The Morgan fingerprint density at radius 3 is 2.38 bits per heavy atom. The Kier molecular flexibility index (Phi) is 11.6. The van der Waals surface area contributed by atoms with E-state index in [4.69, 9.17) is 29.0 Å². The van der Waals surface area contributed by atoms with Crippen LogP contribution in [0.15, 0.2) is 83.9 Å². The van der Waals surface area contributed by atoms with Gasteiger partial charge in [0.1, 0.15) is 17.1 Å². The van der Waals surface area contributed by atoms with E-state index in [-0.39, 0.29) is 25.4 Å². The van der Waals surface area contributed by atoms with Crippen molar-refractivity contribution in [2.75, 3.05) is 26.4 Å². The van der Waals surface area contributed by atoms with Gasteiger partial charge in [-0.15, -0.1) is 0 Å². The predicted octanol–water partition coefficient (Wildman–Crippen LogP) is 5.58. The van der Waals surface area contributed by atoms with Gasteiger partial charge in [0.25, 0.3) is 5.91 Å². The summed E-state index contributed by atoms with van der Waals surface area (Å²) in [6.45, 7) is 8.70. The normalized spacial score (nSPS) is 17.6. The molecule has 1 amide bonds. The summed E-state index contributed by atoms with van der Waals surface area (Å²) in [6.07, 6.45) is 0.346. The second-order valence-corrected chi connectivity index (χ2v) is 11.8. The van der Waals surface area contributed by atoms with E-state index in [2.05, 4.69) is 5.32 Å². The van der Waals surface area contributed by atoms with E-state index >= 15 is 0 Å². The number of aliphatic hydroxyl groups is 1. The number of hydrogen-bond donors (Lipinski definition) is 2. The van der Waals surface area contributed by atoms with Crippen molar-refractivity contribution >= 4 is 17.8 Å². The van der Waals surface area contributed by atoms with E-state index in [0.717, 1.165) is 16.9 Å². The molecule has 45 heavy (non-hydrogen) atoms. The number of hydrogen-bond acceptors (Lipinski definition) is 8. The maximum atomic E-state index is 14.3. The molecule has 0 aromatic heterocycles. The maximum absolute atomic E-state index is 14.3. The molecule has 0 aliphatic carbocycles. The third-order valence-electron chi connectivity index (χ3n) is 7.21. The molecule has 4 rings (SSSR count). The molecule has 9 heteroatoms. The van der Waals surface area contributed by atoms with Crippen LogP contribution in [0.1, 0.15) is 69.8 Å². The number of nitrogens with one attached hydrogen (secondary N) is 1. The Balaban J connectivity index is 1.66. The topological polar surface area (TPSA) is 116 Å². The molecule has 3 aromatic rings. The third kappa shape index (κ3) is 9.08. The molecule has 2 N–H and O–H groups in total. The van der Waals surface area contributed by atoms with Crippen molar-refractivity contribution < 1.29 is 33.6 Å². The van der Waals surface area contributed by atoms with Crippen LogP contribution in [-0.2, 0) is 25.5 Å². The van der Waals surface area contributed by atoms with Gasteiger partial charge in [-0.05, 0) is 82.0 Å². The quantitative estimate of drug-likeness (QED) is 0.169. The zero-order valence-corrected chi connectivity index (χ0v) is 26.6. The van der Waals surface area contributed by atoms with Gasteiger partial charge in [0.05, 0.1) is 13.2 Å². The molecule has 9 nitrogen and oxygen atoms in total. The monoisotopic (exact) mass is 616 g/mol. The molecule has 0 saturated heterocycles. The van der Waals surface area contributed by atoms with Crippen LogP contribution in [-0.4, -0.2) is 60.4 Å². The van der Waals surface area contributed by atoms with Gasteiger partial charge in [0.2, 0.25) is 5.90 Å². The largest absolute Gasteiger partial charge is 0.494 e. The highest BCUT2D eigenvalue weighted by atomic mass is 16.6. The number of ether oxygens (including phenoxy) is 4. The second-order valence-electron chi connectivity index (χ2n) is 11.8. The second kappa shape index (κ2) is 15.6. The summed E-state index contributed by atoms with van der Waals surface area (Å²) in [6, 6.07) is 24.5. The zero-order valence-electron chi connectivity index (χ0n) is 26.6. The molecule has 1 heterocycles. The Morgan fingerprint density at radius 1 is 0.978 bits per heavy atom. The van der Waals surface area contributed by atoms with E-state index in [0.29, 0.717) is 49.8 Å². The number of carbonyl (C=O) groups is 2. The highest BCUT2D eigenvalue weighted by molar-refractivity contribution is 6.01. The molecule has 0 spiro atoms. The predicted molar refractivity (Wildman–Crippen MR) is 173 cm³/mol. The lowest BCUT2D eigenvalue weighted by molar-refractivity contribution is -0.155. The maximum Gasteiger partial charge on any atom is 0.306 e. The molecule has 0 fully saturated rings. The van der Waals surface area contributed by atoms with Crippen LogP contribution >= 0.6 is 0 Å². The van der Waals surface area contributed by atoms with Gasteiger partial charge in [0, 0.05) is 31.6 Å². The minimum Gasteiger partial charge on any atom is -0.494 e. The van der Waals surface area contributed by atoms with Gasteiger partial charge in [-0.2, -0.15) is 0 Å². The molecule has 0 radical (unpaired) electrons. The number of benzene rings is 3. The number of rotatable bonds is 15. The standard InChI is InChI=1S/C36H44N2O7/c1-5-42-30-15-10-9-12-26(30)21-23-37-34(41)36(22-20-31(40)45-35(2,3)4)32(27-13-7-6-8-14-27)44-33(38-36)28-16-18-29(19-17-28)43-25-11-24-39/h6-10,12-19,32,39H,5,11,20-25H2,1-4H3,(H,37,41)/t32-,36-/m1/s1. The molecule has 0 unspecified atom stereocenters. The molecule has 0 bridgehead atoms. The molecular weight excluding hydrogens is 572 g/mol. The first-order valence-electron chi connectivity index (χ1n) is 15.5. The molecule has 240 valence electrons. The first-order chi connectivity index (χ1) is 21.6. The number of aliphatic hydroxyl groups excluding tert-OH is 1. The Morgan fingerprint density at radius 2 is 1.69 bits per heavy atom.